The van der Waals surface area contributed by atoms with E-state index in [0.29, 0.717) is 0 Å². The summed E-state index contributed by atoms with van der Waals surface area (Å²) in [5.74, 6) is 10.2. The molecule has 0 aliphatic rings. The molecule has 0 radical (unpaired) electrons. The van der Waals surface area contributed by atoms with Gasteiger partial charge in [0.05, 0.1) is 22.0 Å². The van der Waals surface area contributed by atoms with Gasteiger partial charge in [-0.3, -0.25) is 0 Å². The van der Waals surface area contributed by atoms with Crippen LogP contribution in [0.25, 0.3) is 0 Å². The van der Waals surface area contributed by atoms with Gasteiger partial charge in [-0.25, -0.2) is 9.59 Å². The average Bonchev–Trinajstić information content (AvgIpc) is 2.84. The van der Waals surface area contributed by atoms with E-state index in [-0.39, 0.29) is 11.1 Å². The summed E-state index contributed by atoms with van der Waals surface area (Å²) in [5, 5.41) is 0. The van der Waals surface area contributed by atoms with Crippen molar-refractivity contribution in [2.75, 3.05) is 0 Å². The van der Waals surface area contributed by atoms with Crippen LogP contribution < -0.4 is 0 Å². The van der Waals surface area contributed by atoms with Crippen LogP contribution in [-0.2, 0) is 20.4 Å². The fourth-order valence-corrected chi connectivity index (χ4v) is 5.87. The first-order valence-corrected chi connectivity index (χ1v) is 13.1. The second kappa shape index (κ2) is 11.9. The van der Waals surface area contributed by atoms with Crippen molar-refractivity contribution in [3.63, 3.8) is 0 Å². The van der Waals surface area contributed by atoms with Crippen LogP contribution in [0.5, 0.6) is 0 Å². The number of benzene rings is 3. The van der Waals surface area contributed by atoms with E-state index >= 15 is 0 Å². The minimum Gasteiger partial charge on any atom is -0.443 e. The van der Waals surface area contributed by atoms with Crippen LogP contribution in [0.1, 0.15) is 62.3 Å². The molecule has 0 aliphatic heterocycles. The van der Waals surface area contributed by atoms with Gasteiger partial charge in [0.15, 0.2) is 25.9 Å². The fraction of sp³-hybridized carbons (Fsp3) is 0.250. The van der Waals surface area contributed by atoms with Gasteiger partial charge in [-0.05, 0) is 71.9 Å². The number of rotatable bonds is 7. The van der Waals surface area contributed by atoms with Crippen molar-refractivity contribution in [1.82, 2.24) is 0 Å². The average molecular weight is 512 g/mol. The van der Waals surface area contributed by atoms with Gasteiger partial charge in [0, 0.05) is 12.1 Å². The Kier molecular flexibility index (Phi) is 8.87. The summed E-state index contributed by atoms with van der Waals surface area (Å²) in [5.41, 5.74) is -1.47. The highest BCUT2D eigenvalue weighted by Gasteiger charge is 2.33. The van der Waals surface area contributed by atoms with E-state index in [1.807, 2.05) is 60.7 Å². The van der Waals surface area contributed by atoms with Crippen LogP contribution >= 0.6 is 0 Å². The molecule has 3 aromatic rings. The van der Waals surface area contributed by atoms with Crippen LogP contribution in [-0.4, -0.2) is 23.1 Å². The molecule has 0 saturated carbocycles. The molecule has 5 heteroatoms. The molecule has 0 heterocycles. The molecule has 0 saturated heterocycles. The van der Waals surface area contributed by atoms with Crippen molar-refractivity contribution in [3.8, 4) is 23.7 Å². The van der Waals surface area contributed by atoms with E-state index in [4.69, 9.17) is 9.47 Å². The molecule has 3 rings (SSSR count). The zero-order chi connectivity index (χ0) is 27.1. The highest BCUT2D eigenvalue weighted by atomic mass is 32.2. The molecular formula is C32H31O4S+. The maximum atomic E-state index is 13.3. The Hall–Kier alpha value is -3.93. The zero-order valence-corrected chi connectivity index (χ0v) is 22.9. The monoisotopic (exact) mass is 511 g/mol. The third kappa shape index (κ3) is 7.53. The Bertz CT molecular complexity index is 1280. The number of carbonyl (C=O) groups excluding carboxylic acids is 2. The Morgan fingerprint density at radius 3 is 1.35 bits per heavy atom. The molecule has 0 amide bonds. The van der Waals surface area contributed by atoms with Crippen molar-refractivity contribution in [2.45, 2.75) is 67.4 Å². The second-order valence-electron chi connectivity index (χ2n) is 9.23. The van der Waals surface area contributed by atoms with Crippen molar-refractivity contribution in [1.29, 1.82) is 0 Å². The van der Waals surface area contributed by atoms with E-state index in [9.17, 15) is 9.59 Å². The van der Waals surface area contributed by atoms with Gasteiger partial charge in [0.2, 0.25) is 0 Å². The lowest BCUT2D eigenvalue weighted by molar-refractivity contribution is 0.0203. The van der Waals surface area contributed by atoms with E-state index < -0.39 is 34.0 Å². The van der Waals surface area contributed by atoms with E-state index in [1.165, 1.54) is 6.07 Å². The Morgan fingerprint density at radius 1 is 0.622 bits per heavy atom. The maximum Gasteiger partial charge on any atom is 0.339 e. The summed E-state index contributed by atoms with van der Waals surface area (Å²) >= 11 is 0. The molecule has 188 valence electrons. The molecule has 0 spiro atoms. The SMILES string of the molecule is CC#CC(C)(C)OC(=O)c1cc(C(=O)OC(C)(C)C#CC)cc([S+](c2ccccc2)c2ccccc2)c1. The Balaban J connectivity index is 2.18. The zero-order valence-electron chi connectivity index (χ0n) is 22.0. The van der Waals surface area contributed by atoms with Crippen molar-refractivity contribution in [3.05, 3.63) is 90.0 Å². The Morgan fingerprint density at radius 2 is 1.00 bits per heavy atom. The molecular weight excluding hydrogens is 480 g/mol. The van der Waals surface area contributed by atoms with Gasteiger partial charge < -0.3 is 9.47 Å². The van der Waals surface area contributed by atoms with Crippen molar-refractivity contribution >= 4 is 22.8 Å². The van der Waals surface area contributed by atoms with E-state index in [1.54, 1.807) is 53.7 Å². The van der Waals surface area contributed by atoms with Crippen LogP contribution in [0.2, 0.25) is 0 Å². The topological polar surface area (TPSA) is 52.6 Å². The van der Waals surface area contributed by atoms with Gasteiger partial charge >= 0.3 is 11.9 Å². The first-order chi connectivity index (χ1) is 17.5. The standard InChI is InChI=1S/C32H31O4S/c1-7-19-31(3,4)35-29(33)24-21-25(30(34)36-32(5,6)20-8-2)23-28(22-24)37(26-15-11-9-12-16-26)27-17-13-10-14-18-27/h9-18,21-23H,1-6H3/q+1. The lowest BCUT2D eigenvalue weighted by atomic mass is 10.1. The molecule has 0 aromatic heterocycles. The van der Waals surface area contributed by atoms with E-state index in [0.717, 1.165) is 14.7 Å². The second-order valence-corrected chi connectivity index (χ2v) is 11.3. The van der Waals surface area contributed by atoms with Crippen LogP contribution in [0.3, 0.4) is 0 Å². The first-order valence-electron chi connectivity index (χ1n) is 11.9. The summed E-state index contributed by atoms with van der Waals surface area (Å²) in [7, 11) is -0.593. The summed E-state index contributed by atoms with van der Waals surface area (Å²) < 4.78 is 11.4. The number of hydrogen-bond acceptors (Lipinski definition) is 4. The highest BCUT2D eigenvalue weighted by molar-refractivity contribution is 7.97. The number of ether oxygens (including phenoxy) is 2. The summed E-state index contributed by atoms with van der Waals surface area (Å²) in [6.07, 6.45) is 0. The Labute approximate surface area is 222 Å². The number of esters is 2. The minimum absolute atomic E-state index is 0.249. The highest BCUT2D eigenvalue weighted by Crippen LogP contribution is 2.33. The number of hydrogen-bond donors (Lipinski definition) is 0. The molecule has 0 unspecified atom stereocenters. The van der Waals surface area contributed by atoms with Gasteiger partial charge in [-0.1, -0.05) is 48.2 Å². The largest absolute Gasteiger partial charge is 0.443 e. The first kappa shape index (κ1) is 27.7. The maximum absolute atomic E-state index is 13.3. The van der Waals surface area contributed by atoms with Crippen LogP contribution in [0.15, 0.2) is 93.5 Å². The quantitative estimate of drug-likeness (QED) is 0.201. The summed E-state index contributed by atoms with van der Waals surface area (Å²) in [4.78, 5) is 29.5. The molecule has 0 bridgehead atoms. The van der Waals surface area contributed by atoms with E-state index in [2.05, 4.69) is 23.7 Å². The molecule has 4 nitrogen and oxygen atoms in total. The normalized spacial score (nSPS) is 11.0. The molecule has 37 heavy (non-hydrogen) atoms. The van der Waals surface area contributed by atoms with Crippen molar-refractivity contribution in [2.24, 2.45) is 0 Å². The van der Waals surface area contributed by atoms with Gasteiger partial charge in [-0.15, -0.1) is 11.8 Å². The molecule has 0 atom stereocenters. The van der Waals surface area contributed by atoms with Gasteiger partial charge in [0.1, 0.15) is 0 Å². The third-order valence-electron chi connectivity index (χ3n) is 5.12. The smallest absolute Gasteiger partial charge is 0.339 e. The lowest BCUT2D eigenvalue weighted by Crippen LogP contribution is -2.28. The minimum atomic E-state index is -0.984. The van der Waals surface area contributed by atoms with Crippen LogP contribution in [0, 0.1) is 23.7 Å². The number of carbonyl (C=O) groups is 2. The molecule has 0 aliphatic carbocycles. The molecule has 0 fully saturated rings. The van der Waals surface area contributed by atoms with Crippen LogP contribution in [0.4, 0.5) is 0 Å². The summed E-state index contributed by atoms with van der Waals surface area (Å²) in [6, 6.07) is 25.1. The molecule has 0 N–H and O–H groups in total. The van der Waals surface area contributed by atoms with Crippen molar-refractivity contribution < 1.29 is 19.1 Å². The summed E-state index contributed by atoms with van der Waals surface area (Å²) in [6.45, 7) is 10.3. The van der Waals surface area contributed by atoms with Gasteiger partial charge in [-0.2, -0.15) is 0 Å². The predicted octanol–water partition coefficient (Wildman–Crippen LogP) is 6.70. The third-order valence-corrected chi connectivity index (χ3v) is 7.31. The predicted molar refractivity (Wildman–Crippen MR) is 147 cm³/mol. The van der Waals surface area contributed by atoms with Gasteiger partial charge in [0.25, 0.3) is 0 Å². The lowest BCUT2D eigenvalue weighted by Gasteiger charge is -2.20. The fourth-order valence-electron chi connectivity index (χ4n) is 3.71. The molecule has 3 aromatic carbocycles.